The number of carbonyl (C=O) groups excluding carboxylic acids is 1. The first-order valence-electron chi connectivity index (χ1n) is 6.55. The largest absolute Gasteiger partial charge is 0.352 e. The molecule has 1 aromatic rings. The van der Waals surface area contributed by atoms with Gasteiger partial charge in [-0.3, -0.25) is 4.79 Å². The van der Waals surface area contributed by atoms with Crippen LogP contribution in [-0.2, 0) is 16.6 Å². The first kappa shape index (κ1) is 12.9. The van der Waals surface area contributed by atoms with E-state index in [9.17, 15) is 4.79 Å². The van der Waals surface area contributed by atoms with Crippen molar-refractivity contribution in [2.75, 3.05) is 6.54 Å². The molecule has 0 atom stereocenters. The summed E-state index contributed by atoms with van der Waals surface area (Å²) < 4.78 is 0. The van der Waals surface area contributed by atoms with E-state index < -0.39 is 0 Å². The molecule has 0 heterocycles. The van der Waals surface area contributed by atoms with Crippen LogP contribution in [0.2, 0.25) is 0 Å². The van der Waals surface area contributed by atoms with Gasteiger partial charge in [-0.2, -0.15) is 0 Å². The lowest BCUT2D eigenvalue weighted by Crippen LogP contribution is -2.23. The SMILES string of the molecule is CCNC(=O)C1=CCc2ccc(C(C)(C)C)cc21. The summed E-state index contributed by atoms with van der Waals surface area (Å²) >= 11 is 0. The van der Waals surface area contributed by atoms with Crippen LogP contribution in [0.25, 0.3) is 5.57 Å². The van der Waals surface area contributed by atoms with E-state index in [0.717, 1.165) is 17.6 Å². The van der Waals surface area contributed by atoms with Gasteiger partial charge in [-0.25, -0.2) is 0 Å². The molecular formula is C16H21NO. The van der Waals surface area contributed by atoms with Crippen LogP contribution >= 0.6 is 0 Å². The quantitative estimate of drug-likeness (QED) is 0.850. The second-order valence-electron chi connectivity index (χ2n) is 5.80. The summed E-state index contributed by atoms with van der Waals surface area (Å²) in [4.78, 5) is 12.0. The number of amides is 1. The fourth-order valence-corrected chi connectivity index (χ4v) is 2.26. The van der Waals surface area contributed by atoms with Crippen molar-refractivity contribution in [3.8, 4) is 0 Å². The molecule has 1 amide bonds. The van der Waals surface area contributed by atoms with Gasteiger partial charge < -0.3 is 5.32 Å². The molecule has 0 saturated carbocycles. The average molecular weight is 243 g/mol. The van der Waals surface area contributed by atoms with Crippen molar-refractivity contribution in [1.29, 1.82) is 0 Å². The third-order valence-electron chi connectivity index (χ3n) is 3.37. The smallest absolute Gasteiger partial charge is 0.251 e. The molecule has 0 saturated heterocycles. The van der Waals surface area contributed by atoms with E-state index in [1.165, 1.54) is 11.1 Å². The minimum absolute atomic E-state index is 0.0438. The van der Waals surface area contributed by atoms with E-state index in [1.807, 2.05) is 13.0 Å². The van der Waals surface area contributed by atoms with Crippen molar-refractivity contribution in [3.63, 3.8) is 0 Å². The number of benzene rings is 1. The lowest BCUT2D eigenvalue weighted by Gasteiger charge is -2.20. The van der Waals surface area contributed by atoms with Crippen LogP contribution in [0, 0.1) is 0 Å². The number of hydrogen-bond acceptors (Lipinski definition) is 1. The van der Waals surface area contributed by atoms with Gasteiger partial charge >= 0.3 is 0 Å². The Labute approximate surface area is 109 Å². The Hall–Kier alpha value is -1.57. The number of likely N-dealkylation sites (N-methyl/N-ethyl adjacent to an activating group) is 1. The number of rotatable bonds is 2. The number of hydrogen-bond donors (Lipinski definition) is 1. The second-order valence-corrected chi connectivity index (χ2v) is 5.80. The predicted molar refractivity (Wildman–Crippen MR) is 75.5 cm³/mol. The highest BCUT2D eigenvalue weighted by Crippen LogP contribution is 2.32. The maximum absolute atomic E-state index is 12.0. The summed E-state index contributed by atoms with van der Waals surface area (Å²) in [5.74, 6) is 0.0438. The predicted octanol–water partition coefficient (Wildman–Crippen LogP) is 3.06. The minimum atomic E-state index is 0.0438. The fraction of sp³-hybridized carbons (Fsp3) is 0.438. The van der Waals surface area contributed by atoms with Gasteiger partial charge in [0.15, 0.2) is 0 Å². The van der Waals surface area contributed by atoms with Crippen LogP contribution in [0.15, 0.2) is 24.3 Å². The van der Waals surface area contributed by atoms with Gasteiger partial charge in [0, 0.05) is 12.1 Å². The summed E-state index contributed by atoms with van der Waals surface area (Å²) in [6.07, 6.45) is 2.90. The first-order chi connectivity index (χ1) is 8.43. The van der Waals surface area contributed by atoms with Crippen LogP contribution in [0.5, 0.6) is 0 Å². The Morgan fingerprint density at radius 2 is 2.06 bits per heavy atom. The zero-order valence-electron chi connectivity index (χ0n) is 11.6. The molecule has 1 aliphatic carbocycles. The molecule has 2 rings (SSSR count). The second kappa shape index (κ2) is 4.60. The molecule has 1 aromatic carbocycles. The molecule has 0 aromatic heterocycles. The third kappa shape index (κ3) is 2.33. The zero-order chi connectivity index (χ0) is 13.3. The highest BCUT2D eigenvalue weighted by molar-refractivity contribution is 6.21. The van der Waals surface area contributed by atoms with Crippen LogP contribution in [0.1, 0.15) is 44.4 Å². The van der Waals surface area contributed by atoms with Crippen molar-refractivity contribution < 1.29 is 4.79 Å². The Morgan fingerprint density at radius 3 is 2.67 bits per heavy atom. The van der Waals surface area contributed by atoms with Crippen molar-refractivity contribution >= 4 is 11.5 Å². The lowest BCUT2D eigenvalue weighted by atomic mass is 9.85. The van der Waals surface area contributed by atoms with E-state index in [-0.39, 0.29) is 11.3 Å². The van der Waals surface area contributed by atoms with Crippen LogP contribution in [0.4, 0.5) is 0 Å². The minimum Gasteiger partial charge on any atom is -0.352 e. The molecule has 2 nitrogen and oxygen atoms in total. The average Bonchev–Trinajstić information content (AvgIpc) is 2.70. The summed E-state index contributed by atoms with van der Waals surface area (Å²) in [6.45, 7) is 9.20. The zero-order valence-corrected chi connectivity index (χ0v) is 11.6. The Bertz CT molecular complexity index is 506. The summed E-state index contributed by atoms with van der Waals surface area (Å²) in [5, 5.41) is 2.88. The summed E-state index contributed by atoms with van der Waals surface area (Å²) in [6, 6.07) is 6.50. The van der Waals surface area contributed by atoms with Gasteiger partial charge in [0.05, 0.1) is 0 Å². The molecule has 0 spiro atoms. The molecule has 0 fully saturated rings. The molecule has 1 N–H and O–H groups in total. The van der Waals surface area contributed by atoms with Crippen molar-refractivity contribution in [2.45, 2.75) is 39.5 Å². The van der Waals surface area contributed by atoms with E-state index in [0.29, 0.717) is 6.54 Å². The van der Waals surface area contributed by atoms with Gasteiger partial charge in [0.1, 0.15) is 0 Å². The van der Waals surface area contributed by atoms with Gasteiger partial charge in [-0.05, 0) is 35.4 Å². The van der Waals surface area contributed by atoms with Crippen LogP contribution in [-0.4, -0.2) is 12.5 Å². The molecule has 18 heavy (non-hydrogen) atoms. The monoisotopic (exact) mass is 243 g/mol. The Kier molecular flexibility index (Phi) is 3.29. The lowest BCUT2D eigenvalue weighted by molar-refractivity contribution is -0.115. The topological polar surface area (TPSA) is 29.1 Å². The maximum atomic E-state index is 12.0. The highest BCUT2D eigenvalue weighted by atomic mass is 16.1. The Balaban J connectivity index is 2.38. The Morgan fingerprint density at radius 1 is 1.33 bits per heavy atom. The van der Waals surface area contributed by atoms with Gasteiger partial charge in [0.25, 0.3) is 5.91 Å². The van der Waals surface area contributed by atoms with E-state index in [1.54, 1.807) is 0 Å². The number of carbonyl (C=O) groups is 1. The molecule has 2 heteroatoms. The maximum Gasteiger partial charge on any atom is 0.251 e. The van der Waals surface area contributed by atoms with Crippen molar-refractivity contribution in [3.05, 3.63) is 41.0 Å². The van der Waals surface area contributed by atoms with Gasteiger partial charge in [0.2, 0.25) is 0 Å². The van der Waals surface area contributed by atoms with E-state index in [4.69, 9.17) is 0 Å². The van der Waals surface area contributed by atoms with Gasteiger partial charge in [-0.1, -0.05) is 45.0 Å². The van der Waals surface area contributed by atoms with Crippen LogP contribution in [0.3, 0.4) is 0 Å². The standard InChI is InChI=1S/C16H21NO/c1-5-17-15(18)13-9-7-11-6-8-12(10-14(11)13)16(2,3)4/h6,8-10H,5,7H2,1-4H3,(H,17,18). The number of allylic oxidation sites excluding steroid dienone is 1. The highest BCUT2D eigenvalue weighted by Gasteiger charge is 2.22. The molecule has 96 valence electrons. The molecule has 0 aliphatic heterocycles. The summed E-state index contributed by atoms with van der Waals surface area (Å²) in [5.41, 5.74) is 4.58. The van der Waals surface area contributed by atoms with Crippen molar-refractivity contribution in [1.82, 2.24) is 5.32 Å². The van der Waals surface area contributed by atoms with E-state index >= 15 is 0 Å². The third-order valence-corrected chi connectivity index (χ3v) is 3.37. The first-order valence-corrected chi connectivity index (χ1v) is 6.55. The molecule has 1 aliphatic rings. The van der Waals surface area contributed by atoms with Crippen molar-refractivity contribution in [2.24, 2.45) is 0 Å². The fourth-order valence-electron chi connectivity index (χ4n) is 2.26. The molecule has 0 unspecified atom stereocenters. The normalized spacial score (nSPS) is 14.1. The number of nitrogens with one attached hydrogen (secondary N) is 1. The molecule has 0 bridgehead atoms. The van der Waals surface area contributed by atoms with Gasteiger partial charge in [-0.15, -0.1) is 0 Å². The molecular weight excluding hydrogens is 222 g/mol. The number of fused-ring (bicyclic) bond motifs is 1. The molecule has 0 radical (unpaired) electrons. The van der Waals surface area contributed by atoms with Crippen LogP contribution < -0.4 is 5.32 Å². The van der Waals surface area contributed by atoms with E-state index in [2.05, 4.69) is 44.3 Å². The summed E-state index contributed by atoms with van der Waals surface area (Å²) in [7, 11) is 0.